The van der Waals surface area contributed by atoms with E-state index in [0.717, 1.165) is 6.20 Å². The van der Waals surface area contributed by atoms with E-state index in [1.54, 1.807) is 0 Å². The summed E-state index contributed by atoms with van der Waals surface area (Å²) in [5, 5.41) is 32.1. The van der Waals surface area contributed by atoms with Gasteiger partial charge in [-0.05, 0) is 10.5 Å². The van der Waals surface area contributed by atoms with Crippen molar-refractivity contribution in [1.82, 2.24) is 9.97 Å². The van der Waals surface area contributed by atoms with Gasteiger partial charge in [0.2, 0.25) is 5.82 Å². The largest absolute Gasteiger partial charge is 0.390 e. The molecule has 2 atom stereocenters. The molecule has 0 saturated heterocycles. The molecule has 16 heavy (non-hydrogen) atoms. The molecule has 1 heterocycles. The standard InChI is InChI=1S/C6H8N6O4/c7-11-9-1-3(13)5(14)6-8-2-4(10-6)12(15)16/h2-3,5,13-14H,1H2,(H,8,10). The van der Waals surface area contributed by atoms with Crippen molar-refractivity contribution in [3.05, 3.63) is 32.6 Å². The molecule has 3 N–H and O–H groups in total. The smallest absolute Gasteiger partial charge is 0.340 e. The molecule has 0 aromatic carbocycles. The number of aromatic nitrogens is 2. The van der Waals surface area contributed by atoms with Gasteiger partial charge in [0.15, 0.2) is 6.10 Å². The molecule has 1 aromatic heterocycles. The second-order valence-corrected chi connectivity index (χ2v) is 2.84. The van der Waals surface area contributed by atoms with Gasteiger partial charge in [-0.1, -0.05) is 5.11 Å². The lowest BCUT2D eigenvalue weighted by Gasteiger charge is -2.10. The monoisotopic (exact) mass is 228 g/mol. The van der Waals surface area contributed by atoms with Crippen LogP contribution in [0.15, 0.2) is 11.3 Å². The number of aliphatic hydroxyl groups excluding tert-OH is 2. The lowest BCUT2D eigenvalue weighted by atomic mass is 10.2. The highest BCUT2D eigenvalue weighted by atomic mass is 16.6. The predicted molar refractivity (Wildman–Crippen MR) is 50.2 cm³/mol. The highest BCUT2D eigenvalue weighted by Crippen LogP contribution is 2.16. The fourth-order valence-electron chi connectivity index (χ4n) is 0.972. The van der Waals surface area contributed by atoms with Crippen LogP contribution in [0.2, 0.25) is 0 Å². The Bertz CT molecular complexity index is 424. The van der Waals surface area contributed by atoms with Crippen molar-refractivity contribution in [3.8, 4) is 0 Å². The third-order valence-corrected chi connectivity index (χ3v) is 1.76. The van der Waals surface area contributed by atoms with Crippen molar-refractivity contribution in [3.63, 3.8) is 0 Å². The van der Waals surface area contributed by atoms with Gasteiger partial charge in [0.05, 0.1) is 12.6 Å². The van der Waals surface area contributed by atoms with Gasteiger partial charge in [-0.15, -0.1) is 0 Å². The van der Waals surface area contributed by atoms with Gasteiger partial charge in [0.1, 0.15) is 6.20 Å². The normalized spacial score (nSPS) is 13.9. The van der Waals surface area contributed by atoms with Crippen molar-refractivity contribution in [2.75, 3.05) is 6.54 Å². The molecule has 0 radical (unpaired) electrons. The summed E-state index contributed by atoms with van der Waals surface area (Å²) in [5.41, 5.74) is 8.00. The number of aliphatic hydroxyl groups is 2. The van der Waals surface area contributed by atoms with Gasteiger partial charge < -0.3 is 20.3 Å². The maximum absolute atomic E-state index is 10.3. The molecule has 2 unspecified atom stereocenters. The molecule has 0 aliphatic carbocycles. The average molecular weight is 228 g/mol. The Morgan fingerprint density at radius 1 is 1.75 bits per heavy atom. The maximum atomic E-state index is 10.3. The number of nitro groups is 1. The molecule has 0 saturated carbocycles. The third-order valence-electron chi connectivity index (χ3n) is 1.76. The molecule has 0 amide bonds. The molecule has 10 heteroatoms. The van der Waals surface area contributed by atoms with Crippen LogP contribution in [0.3, 0.4) is 0 Å². The van der Waals surface area contributed by atoms with Gasteiger partial charge >= 0.3 is 5.82 Å². The first-order chi connectivity index (χ1) is 7.56. The van der Waals surface area contributed by atoms with Crippen molar-refractivity contribution >= 4 is 5.82 Å². The molecular formula is C6H8N6O4. The van der Waals surface area contributed by atoms with E-state index in [-0.39, 0.29) is 12.4 Å². The van der Waals surface area contributed by atoms with Crippen LogP contribution in [0.4, 0.5) is 5.82 Å². The Morgan fingerprint density at radius 2 is 2.44 bits per heavy atom. The predicted octanol–water partition coefficient (Wildman–Crippen LogP) is 0.0225. The van der Waals surface area contributed by atoms with Crippen LogP contribution in [0.1, 0.15) is 11.9 Å². The molecule has 0 aliphatic rings. The summed E-state index contributed by atoms with van der Waals surface area (Å²) in [6.07, 6.45) is -1.93. The van der Waals surface area contributed by atoms with E-state index in [0.29, 0.717) is 0 Å². The Hall–Kier alpha value is -2.16. The van der Waals surface area contributed by atoms with E-state index in [2.05, 4.69) is 20.0 Å². The Morgan fingerprint density at radius 3 is 2.94 bits per heavy atom. The van der Waals surface area contributed by atoms with Crippen LogP contribution >= 0.6 is 0 Å². The number of hydrogen-bond donors (Lipinski definition) is 3. The number of azide groups is 1. The SMILES string of the molecule is [N-]=[N+]=NCC(O)C(O)c1ncc([N+](=O)[O-])[nH]1. The first kappa shape index (κ1) is 11.9. The number of rotatable bonds is 5. The number of imidazole rings is 1. The Labute approximate surface area is 88.3 Å². The summed E-state index contributed by atoms with van der Waals surface area (Å²) in [7, 11) is 0. The highest BCUT2D eigenvalue weighted by Gasteiger charge is 2.24. The number of nitrogens with zero attached hydrogens (tertiary/aromatic N) is 5. The van der Waals surface area contributed by atoms with Crippen LogP contribution < -0.4 is 0 Å². The summed E-state index contributed by atoms with van der Waals surface area (Å²) < 4.78 is 0. The average Bonchev–Trinajstić information content (AvgIpc) is 2.74. The molecular weight excluding hydrogens is 220 g/mol. The van der Waals surface area contributed by atoms with E-state index in [1.165, 1.54) is 0 Å². The fourth-order valence-corrected chi connectivity index (χ4v) is 0.972. The zero-order valence-electron chi connectivity index (χ0n) is 7.89. The Balaban J connectivity index is 2.75. The molecule has 0 fully saturated rings. The van der Waals surface area contributed by atoms with Gasteiger partial charge in [-0.25, -0.2) is 9.97 Å². The summed E-state index contributed by atoms with van der Waals surface area (Å²) in [5.74, 6) is -0.558. The minimum Gasteiger partial charge on any atom is -0.390 e. The number of aromatic amines is 1. The van der Waals surface area contributed by atoms with Crippen molar-refractivity contribution < 1.29 is 15.1 Å². The zero-order chi connectivity index (χ0) is 12.1. The molecule has 0 aliphatic heterocycles. The first-order valence-corrected chi connectivity index (χ1v) is 4.12. The lowest BCUT2D eigenvalue weighted by Crippen LogP contribution is -2.22. The fraction of sp³-hybridized carbons (Fsp3) is 0.500. The summed E-state index contributed by atoms with van der Waals surface area (Å²) in [4.78, 5) is 17.7. The minimum absolute atomic E-state index is 0.160. The first-order valence-electron chi connectivity index (χ1n) is 4.12. The van der Waals surface area contributed by atoms with E-state index in [1.807, 2.05) is 0 Å². The molecule has 10 nitrogen and oxygen atoms in total. The van der Waals surface area contributed by atoms with Crippen LogP contribution in [0.5, 0.6) is 0 Å². The van der Waals surface area contributed by atoms with Crippen LogP contribution in [-0.2, 0) is 0 Å². The van der Waals surface area contributed by atoms with Crippen molar-refractivity contribution in [2.24, 2.45) is 5.11 Å². The minimum atomic E-state index is -1.47. The zero-order valence-corrected chi connectivity index (χ0v) is 7.89. The highest BCUT2D eigenvalue weighted by molar-refractivity contribution is 5.16. The third kappa shape index (κ3) is 2.67. The van der Waals surface area contributed by atoms with Crippen LogP contribution in [-0.4, -0.2) is 37.8 Å². The van der Waals surface area contributed by atoms with E-state index in [4.69, 9.17) is 5.53 Å². The molecule has 1 rings (SSSR count). The maximum Gasteiger partial charge on any atom is 0.340 e. The second-order valence-electron chi connectivity index (χ2n) is 2.84. The van der Waals surface area contributed by atoms with E-state index < -0.39 is 22.9 Å². The Kier molecular flexibility index (Phi) is 3.78. The van der Waals surface area contributed by atoms with Gasteiger partial charge in [0, 0.05) is 4.91 Å². The topological polar surface area (TPSA) is 161 Å². The van der Waals surface area contributed by atoms with Crippen molar-refractivity contribution in [1.29, 1.82) is 0 Å². The van der Waals surface area contributed by atoms with Crippen molar-refractivity contribution in [2.45, 2.75) is 12.2 Å². The van der Waals surface area contributed by atoms with Gasteiger partial charge in [0.25, 0.3) is 0 Å². The quantitative estimate of drug-likeness (QED) is 0.212. The summed E-state index contributed by atoms with van der Waals surface area (Å²) in [6.45, 7) is -0.355. The van der Waals surface area contributed by atoms with Crippen LogP contribution in [0.25, 0.3) is 10.4 Å². The number of hydrogen-bond acceptors (Lipinski definition) is 6. The van der Waals surface area contributed by atoms with Gasteiger partial charge in [-0.2, -0.15) is 0 Å². The molecule has 0 bridgehead atoms. The number of H-pyrrole nitrogens is 1. The lowest BCUT2D eigenvalue weighted by molar-refractivity contribution is -0.389. The van der Waals surface area contributed by atoms with E-state index in [9.17, 15) is 20.3 Å². The van der Waals surface area contributed by atoms with E-state index >= 15 is 0 Å². The molecule has 0 spiro atoms. The van der Waals surface area contributed by atoms with Gasteiger partial charge in [-0.3, -0.25) is 0 Å². The van der Waals surface area contributed by atoms with Crippen LogP contribution in [0, 0.1) is 10.1 Å². The number of nitrogens with one attached hydrogen (secondary N) is 1. The molecule has 86 valence electrons. The summed E-state index contributed by atoms with van der Waals surface area (Å²) >= 11 is 0. The molecule has 1 aromatic rings. The summed E-state index contributed by atoms with van der Waals surface area (Å²) in [6, 6.07) is 0. The second kappa shape index (κ2) is 5.07.